The Bertz CT molecular complexity index is 1230. The molecule has 7 nitrogen and oxygen atoms in total. The van der Waals surface area contributed by atoms with Crippen molar-refractivity contribution in [2.75, 3.05) is 5.75 Å². The maximum atomic E-state index is 14.2. The first-order valence-corrected chi connectivity index (χ1v) is 10.6. The van der Waals surface area contributed by atoms with Crippen LogP contribution in [-0.4, -0.2) is 50.8 Å². The standard InChI is InChI=1S/C18H15F6N5O2S/c1-3-32(30,31)12-7-10(15-25-5-4-6-26-15)8-27-13(12)16-28-9-11(29(16)2)14(19)17(20,21)18(22,23)24/h4-9,14H,3H2,1-2H3. The highest BCUT2D eigenvalue weighted by Gasteiger charge is 2.64. The summed E-state index contributed by atoms with van der Waals surface area (Å²) >= 11 is 0. The molecule has 3 rings (SSSR count). The minimum absolute atomic E-state index is 0.147. The van der Waals surface area contributed by atoms with Gasteiger partial charge in [0.15, 0.2) is 21.5 Å². The van der Waals surface area contributed by atoms with Gasteiger partial charge in [-0.15, -0.1) is 0 Å². The molecule has 172 valence electrons. The number of halogens is 6. The Morgan fingerprint density at radius 3 is 2.22 bits per heavy atom. The van der Waals surface area contributed by atoms with E-state index in [1.54, 1.807) is 0 Å². The van der Waals surface area contributed by atoms with Crippen LogP contribution < -0.4 is 0 Å². The molecule has 3 aromatic rings. The number of aromatic nitrogens is 5. The Balaban J connectivity index is 2.17. The molecule has 0 aliphatic carbocycles. The summed E-state index contributed by atoms with van der Waals surface area (Å²) < 4.78 is 105. The number of sulfone groups is 1. The maximum absolute atomic E-state index is 14.2. The van der Waals surface area contributed by atoms with Crippen molar-refractivity contribution < 1.29 is 34.8 Å². The zero-order valence-electron chi connectivity index (χ0n) is 16.5. The second-order valence-corrected chi connectivity index (χ2v) is 8.84. The molecule has 0 amide bonds. The quantitative estimate of drug-likeness (QED) is 0.498. The first-order valence-electron chi connectivity index (χ1n) is 8.92. The van der Waals surface area contributed by atoms with Crippen LogP contribution in [0, 0.1) is 0 Å². The van der Waals surface area contributed by atoms with E-state index in [0.29, 0.717) is 10.8 Å². The fourth-order valence-electron chi connectivity index (χ4n) is 2.78. The summed E-state index contributed by atoms with van der Waals surface area (Å²) in [6.45, 7) is 1.34. The molecule has 1 unspecified atom stereocenters. The molecule has 0 saturated heterocycles. The molecule has 0 bridgehead atoms. The van der Waals surface area contributed by atoms with Crippen LogP contribution in [0.4, 0.5) is 26.3 Å². The van der Waals surface area contributed by atoms with Gasteiger partial charge in [-0.25, -0.2) is 27.8 Å². The topological polar surface area (TPSA) is 90.6 Å². The van der Waals surface area contributed by atoms with E-state index >= 15 is 0 Å². The third kappa shape index (κ3) is 4.06. The molecular formula is C18H15F6N5O2S. The summed E-state index contributed by atoms with van der Waals surface area (Å²) in [7, 11) is -3.00. The number of rotatable bonds is 6. The lowest BCUT2D eigenvalue weighted by Crippen LogP contribution is -2.41. The van der Waals surface area contributed by atoms with Crippen LogP contribution in [0.15, 0.2) is 41.8 Å². The molecule has 0 radical (unpaired) electrons. The number of alkyl halides is 6. The molecule has 0 aliphatic rings. The van der Waals surface area contributed by atoms with Gasteiger partial charge >= 0.3 is 12.1 Å². The van der Waals surface area contributed by atoms with E-state index in [1.165, 1.54) is 37.6 Å². The van der Waals surface area contributed by atoms with Gasteiger partial charge in [-0.1, -0.05) is 6.92 Å². The summed E-state index contributed by atoms with van der Waals surface area (Å²) in [6, 6.07) is 2.72. The third-order valence-electron chi connectivity index (χ3n) is 4.58. The van der Waals surface area contributed by atoms with Crippen molar-refractivity contribution in [1.82, 2.24) is 24.5 Å². The average Bonchev–Trinajstić information content (AvgIpc) is 3.13. The lowest BCUT2D eigenvalue weighted by atomic mass is 10.1. The Kier molecular flexibility index (Phi) is 6.02. The highest BCUT2D eigenvalue weighted by atomic mass is 32.2. The molecule has 0 aliphatic heterocycles. The lowest BCUT2D eigenvalue weighted by Gasteiger charge is -2.23. The van der Waals surface area contributed by atoms with Crippen molar-refractivity contribution in [3.63, 3.8) is 0 Å². The number of nitrogens with zero attached hydrogens (tertiary/aromatic N) is 5. The first-order chi connectivity index (χ1) is 14.8. The number of imidazole rings is 1. The van der Waals surface area contributed by atoms with Crippen molar-refractivity contribution >= 4 is 9.84 Å². The summed E-state index contributed by atoms with van der Waals surface area (Å²) in [5, 5.41) is 0. The van der Waals surface area contributed by atoms with Crippen molar-refractivity contribution in [1.29, 1.82) is 0 Å². The van der Waals surface area contributed by atoms with Gasteiger partial charge in [-0.05, 0) is 12.1 Å². The molecular weight excluding hydrogens is 464 g/mol. The van der Waals surface area contributed by atoms with Crippen LogP contribution in [0.5, 0.6) is 0 Å². The van der Waals surface area contributed by atoms with Crippen LogP contribution in [0.25, 0.3) is 22.9 Å². The number of pyridine rings is 1. The van der Waals surface area contributed by atoms with E-state index in [4.69, 9.17) is 0 Å². The average molecular weight is 479 g/mol. The van der Waals surface area contributed by atoms with Gasteiger partial charge in [0.1, 0.15) is 5.69 Å². The Morgan fingerprint density at radius 2 is 1.66 bits per heavy atom. The summed E-state index contributed by atoms with van der Waals surface area (Å²) in [4.78, 5) is 15.3. The van der Waals surface area contributed by atoms with Gasteiger partial charge in [0.2, 0.25) is 6.17 Å². The summed E-state index contributed by atoms with van der Waals surface area (Å²) in [5.74, 6) is -6.32. The molecule has 32 heavy (non-hydrogen) atoms. The predicted molar refractivity (Wildman–Crippen MR) is 100 cm³/mol. The van der Waals surface area contributed by atoms with Gasteiger partial charge in [-0.2, -0.15) is 22.0 Å². The number of hydrogen-bond acceptors (Lipinski definition) is 6. The van der Waals surface area contributed by atoms with Crippen molar-refractivity contribution in [2.24, 2.45) is 7.05 Å². The van der Waals surface area contributed by atoms with Gasteiger partial charge < -0.3 is 4.57 Å². The summed E-state index contributed by atoms with van der Waals surface area (Å²) in [5.41, 5.74) is -1.23. The molecule has 0 N–H and O–H groups in total. The minimum Gasteiger partial charge on any atom is -0.327 e. The molecule has 3 aromatic heterocycles. The minimum atomic E-state index is -6.14. The predicted octanol–water partition coefficient (Wildman–Crippen LogP) is 3.94. The molecule has 1 atom stereocenters. The zero-order valence-corrected chi connectivity index (χ0v) is 17.3. The SMILES string of the molecule is CCS(=O)(=O)c1cc(-c2ncccn2)cnc1-c1ncc(C(F)C(F)(F)C(F)(F)F)n1C. The van der Waals surface area contributed by atoms with E-state index in [0.717, 1.165) is 7.05 Å². The van der Waals surface area contributed by atoms with E-state index in [9.17, 15) is 34.8 Å². The maximum Gasteiger partial charge on any atom is 0.456 e. The van der Waals surface area contributed by atoms with Crippen molar-refractivity contribution in [3.8, 4) is 22.9 Å². The Hall–Kier alpha value is -3.03. The Labute approximate surface area is 178 Å². The fraction of sp³-hybridized carbons (Fsp3) is 0.333. The van der Waals surface area contributed by atoms with E-state index in [2.05, 4.69) is 19.9 Å². The second kappa shape index (κ2) is 8.15. The van der Waals surface area contributed by atoms with E-state index < -0.39 is 39.6 Å². The van der Waals surface area contributed by atoms with Crippen LogP contribution in [0.3, 0.4) is 0 Å². The van der Waals surface area contributed by atoms with Gasteiger partial charge in [-0.3, -0.25) is 4.98 Å². The third-order valence-corrected chi connectivity index (χ3v) is 6.33. The summed E-state index contributed by atoms with van der Waals surface area (Å²) in [6.07, 6.45) is -5.40. The van der Waals surface area contributed by atoms with Gasteiger partial charge in [0.25, 0.3) is 0 Å². The van der Waals surface area contributed by atoms with Crippen LogP contribution in [0.2, 0.25) is 0 Å². The van der Waals surface area contributed by atoms with Crippen LogP contribution in [-0.2, 0) is 16.9 Å². The van der Waals surface area contributed by atoms with Crippen molar-refractivity contribution in [2.45, 2.75) is 30.1 Å². The first kappa shape index (κ1) is 23.6. The zero-order chi connectivity index (χ0) is 23.9. The molecule has 0 fully saturated rings. The largest absolute Gasteiger partial charge is 0.456 e. The van der Waals surface area contributed by atoms with Gasteiger partial charge in [0, 0.05) is 31.2 Å². The molecule has 3 heterocycles. The normalized spacial score (nSPS) is 13.9. The van der Waals surface area contributed by atoms with E-state index in [-0.39, 0.29) is 27.7 Å². The molecule has 14 heteroatoms. The monoisotopic (exact) mass is 479 g/mol. The lowest BCUT2D eigenvalue weighted by molar-refractivity contribution is -0.305. The smallest absolute Gasteiger partial charge is 0.327 e. The molecule has 0 aromatic carbocycles. The van der Waals surface area contributed by atoms with Gasteiger partial charge in [0.05, 0.1) is 22.5 Å². The van der Waals surface area contributed by atoms with Crippen LogP contribution in [0.1, 0.15) is 18.8 Å². The highest BCUT2D eigenvalue weighted by Crippen LogP contribution is 2.47. The van der Waals surface area contributed by atoms with Crippen LogP contribution >= 0.6 is 0 Å². The number of hydrogen-bond donors (Lipinski definition) is 0. The molecule has 0 spiro atoms. The Morgan fingerprint density at radius 1 is 1.03 bits per heavy atom. The van der Waals surface area contributed by atoms with Crippen molar-refractivity contribution in [3.05, 3.63) is 42.6 Å². The second-order valence-electron chi connectivity index (χ2n) is 6.60. The van der Waals surface area contributed by atoms with E-state index in [1.807, 2.05) is 0 Å². The highest BCUT2D eigenvalue weighted by molar-refractivity contribution is 7.91. The fourth-order valence-corrected chi connectivity index (χ4v) is 3.84. The molecule has 0 saturated carbocycles.